The molecule has 0 aromatic heterocycles. The molecule has 0 aliphatic heterocycles. The second-order valence-electron chi connectivity index (χ2n) is 4.03. The van der Waals surface area contributed by atoms with Crippen molar-refractivity contribution in [2.45, 2.75) is 0 Å². The first-order valence-electron chi connectivity index (χ1n) is 5.39. The molecule has 0 amide bonds. The molecule has 96 valence electrons. The quantitative estimate of drug-likeness (QED) is 0.650. The maximum absolute atomic E-state index is 10.5. The van der Waals surface area contributed by atoms with Crippen molar-refractivity contribution in [3.05, 3.63) is 36.4 Å². The zero-order valence-corrected chi connectivity index (χ0v) is 11.0. The Labute approximate surface area is 108 Å². The van der Waals surface area contributed by atoms with Crippen molar-refractivity contribution >= 4 is 33.4 Å². The van der Waals surface area contributed by atoms with Crippen LogP contribution in [-0.4, -0.2) is 22.9 Å². The molecule has 0 heterocycles. The highest BCUT2D eigenvalue weighted by molar-refractivity contribution is 7.77. The van der Waals surface area contributed by atoms with Gasteiger partial charge in [-0.1, -0.05) is 24.3 Å². The van der Waals surface area contributed by atoms with Crippen LogP contribution in [0.15, 0.2) is 36.4 Å². The Kier molecular flexibility index (Phi) is 3.81. The number of hydrogen-bond acceptors (Lipinski definition) is 4. The Morgan fingerprint density at radius 1 is 1.11 bits per heavy atom. The summed E-state index contributed by atoms with van der Waals surface area (Å²) in [5, 5.41) is 2.02. The van der Waals surface area contributed by atoms with E-state index in [4.69, 9.17) is 0 Å². The number of benzene rings is 2. The first-order chi connectivity index (χ1) is 8.59. The molecule has 2 aromatic carbocycles. The van der Waals surface area contributed by atoms with Crippen molar-refractivity contribution in [2.24, 2.45) is 0 Å². The molecule has 0 spiro atoms. The highest BCUT2D eigenvalue weighted by atomic mass is 32.2. The number of nitrogens with one attached hydrogen (secondary N) is 2. The summed E-state index contributed by atoms with van der Waals surface area (Å²) in [5.41, 5.74) is 4.48. The van der Waals surface area contributed by atoms with Crippen LogP contribution in [0.2, 0.25) is 0 Å². The number of rotatable bonds is 4. The van der Waals surface area contributed by atoms with Crippen LogP contribution >= 0.6 is 0 Å². The van der Waals surface area contributed by atoms with Gasteiger partial charge in [0, 0.05) is 41.8 Å². The summed E-state index contributed by atoms with van der Waals surface area (Å²) in [5.74, 6) is 0. The molecule has 2 aromatic rings. The lowest BCUT2D eigenvalue weighted by Gasteiger charge is -2.17. The molecule has 1 unspecified atom stereocenters. The van der Waals surface area contributed by atoms with E-state index in [1.54, 1.807) is 0 Å². The lowest BCUT2D eigenvalue weighted by atomic mass is 10.1. The molecule has 0 aliphatic carbocycles. The van der Waals surface area contributed by atoms with E-state index in [9.17, 15) is 8.76 Å². The van der Waals surface area contributed by atoms with Crippen LogP contribution in [-0.2, 0) is 11.3 Å². The van der Waals surface area contributed by atoms with Gasteiger partial charge >= 0.3 is 0 Å². The van der Waals surface area contributed by atoms with Crippen LogP contribution in [0.4, 0.5) is 11.4 Å². The normalized spacial score (nSPS) is 12.4. The summed E-state index contributed by atoms with van der Waals surface area (Å²) < 4.78 is 21.0. The summed E-state index contributed by atoms with van der Waals surface area (Å²) in [7, 11) is 3.94. The van der Waals surface area contributed by atoms with Gasteiger partial charge in [0.2, 0.25) is 0 Å². The molecule has 2 N–H and O–H groups in total. The van der Waals surface area contributed by atoms with E-state index in [-0.39, 0.29) is 0 Å². The molecule has 1 atom stereocenters. The van der Waals surface area contributed by atoms with Crippen molar-refractivity contribution in [3.63, 3.8) is 0 Å². The predicted molar refractivity (Wildman–Crippen MR) is 74.0 cm³/mol. The highest BCUT2D eigenvalue weighted by Gasteiger charge is 2.05. The third-order valence-corrected chi connectivity index (χ3v) is 2.92. The Morgan fingerprint density at radius 2 is 1.78 bits per heavy atom. The Balaban J connectivity index is 2.49. The maximum atomic E-state index is 10.5. The maximum Gasteiger partial charge on any atom is 0.0576 e. The molecule has 0 saturated heterocycles. The van der Waals surface area contributed by atoms with E-state index < -0.39 is 11.3 Å². The van der Waals surface area contributed by atoms with Crippen LogP contribution in [0.1, 0.15) is 0 Å². The molecular weight excluding hydrogens is 250 g/mol. The first-order valence-corrected chi connectivity index (χ1v) is 6.47. The zero-order chi connectivity index (χ0) is 13.1. The van der Waals surface area contributed by atoms with Crippen molar-refractivity contribution in [3.8, 4) is 0 Å². The Morgan fingerprint density at radius 3 is 2.44 bits per heavy atom. The molecule has 6 heteroatoms. The molecule has 18 heavy (non-hydrogen) atoms. The van der Waals surface area contributed by atoms with Crippen LogP contribution < -0.4 is 15.2 Å². The van der Waals surface area contributed by atoms with E-state index >= 15 is 0 Å². The van der Waals surface area contributed by atoms with Gasteiger partial charge < -0.3 is 14.9 Å². The fourth-order valence-electron chi connectivity index (χ4n) is 1.89. The molecule has 0 aliphatic rings. The van der Waals surface area contributed by atoms with Crippen LogP contribution in [0.3, 0.4) is 0 Å². The number of nitrogens with zero attached hydrogens (tertiary/aromatic N) is 1. The van der Waals surface area contributed by atoms with Gasteiger partial charge in [-0.25, -0.2) is 0 Å². The lowest BCUT2D eigenvalue weighted by Crippen LogP contribution is -2.23. The largest absolute Gasteiger partial charge is 0.759 e. The molecule has 0 fully saturated rings. The Bertz CT molecular complexity index is 587. The second-order valence-corrected chi connectivity index (χ2v) is 4.71. The van der Waals surface area contributed by atoms with Gasteiger partial charge in [-0.3, -0.25) is 4.21 Å². The van der Waals surface area contributed by atoms with E-state index in [2.05, 4.69) is 10.3 Å². The molecule has 0 radical (unpaired) electrons. The van der Waals surface area contributed by atoms with Crippen LogP contribution in [0.25, 0.3) is 10.8 Å². The molecule has 0 bridgehead atoms. The average molecular weight is 264 g/mol. The smallest absolute Gasteiger partial charge is 0.0576 e. The minimum atomic E-state index is -2.34. The van der Waals surface area contributed by atoms with E-state index in [1.165, 1.54) is 0 Å². The zero-order valence-electron chi connectivity index (χ0n) is 10.1. The van der Waals surface area contributed by atoms with Crippen molar-refractivity contribution in [1.82, 2.24) is 4.83 Å². The van der Waals surface area contributed by atoms with Crippen molar-refractivity contribution in [1.29, 1.82) is 0 Å². The minimum Gasteiger partial charge on any atom is -0.759 e. The highest BCUT2D eigenvalue weighted by Crippen LogP contribution is 2.30. The van der Waals surface area contributed by atoms with Crippen LogP contribution in [0, 0.1) is 0 Å². The fourth-order valence-corrected chi connectivity index (χ4v) is 2.08. The average Bonchev–Trinajstić information content (AvgIpc) is 2.35. The van der Waals surface area contributed by atoms with Crippen LogP contribution in [0.5, 0.6) is 0 Å². The van der Waals surface area contributed by atoms with E-state index in [0.717, 1.165) is 22.1 Å². The van der Waals surface area contributed by atoms with Gasteiger partial charge in [0.05, 0.1) is 5.69 Å². The lowest BCUT2D eigenvalue weighted by molar-refractivity contribution is 0.528. The van der Waals surface area contributed by atoms with Gasteiger partial charge in [-0.2, -0.15) is 4.83 Å². The fraction of sp³-hybridized carbons (Fsp3) is 0.167. The summed E-state index contributed by atoms with van der Waals surface area (Å²) >= 11 is -2.34. The SMILES string of the molecule is CN(C)c1cccc2c(NNS(=O)[O-])cccc12. The summed E-state index contributed by atoms with van der Waals surface area (Å²) in [4.78, 5) is 4.17. The summed E-state index contributed by atoms with van der Waals surface area (Å²) in [6, 6.07) is 11.6. The van der Waals surface area contributed by atoms with Gasteiger partial charge in [-0.15, -0.1) is 0 Å². The van der Waals surface area contributed by atoms with E-state index in [1.807, 2.05) is 55.4 Å². The summed E-state index contributed by atoms with van der Waals surface area (Å²) in [6.45, 7) is 0. The Hall–Kier alpha value is -1.63. The topological polar surface area (TPSA) is 67.4 Å². The molecular formula is C12H14N3O2S-. The number of anilines is 2. The standard InChI is InChI=1S/C12H15N3O2S/c1-15(2)12-8-4-5-9-10(12)6-3-7-11(9)13-14-18(16)17/h3-8,13-14H,1-2H3,(H,16,17)/p-1. The summed E-state index contributed by atoms with van der Waals surface area (Å²) in [6.07, 6.45) is 0. The monoisotopic (exact) mass is 264 g/mol. The van der Waals surface area contributed by atoms with Gasteiger partial charge in [0.25, 0.3) is 0 Å². The predicted octanol–water partition coefficient (Wildman–Crippen LogP) is 1.62. The van der Waals surface area contributed by atoms with E-state index in [0.29, 0.717) is 0 Å². The third kappa shape index (κ3) is 2.61. The number of hydrazine groups is 1. The molecule has 2 rings (SSSR count). The van der Waals surface area contributed by atoms with Gasteiger partial charge in [-0.05, 0) is 12.1 Å². The third-order valence-electron chi connectivity index (χ3n) is 2.65. The number of fused-ring (bicyclic) bond motifs is 1. The second kappa shape index (κ2) is 5.34. The van der Waals surface area contributed by atoms with Gasteiger partial charge in [0.15, 0.2) is 0 Å². The molecule has 0 saturated carbocycles. The van der Waals surface area contributed by atoms with Crippen molar-refractivity contribution < 1.29 is 8.76 Å². The number of hydrogen-bond donors (Lipinski definition) is 2. The molecule has 5 nitrogen and oxygen atoms in total. The first kappa shape index (κ1) is 12.8. The minimum absolute atomic E-state index is 0.723. The van der Waals surface area contributed by atoms with Crippen molar-refractivity contribution in [2.75, 3.05) is 24.4 Å². The van der Waals surface area contributed by atoms with Gasteiger partial charge in [0.1, 0.15) is 0 Å².